The summed E-state index contributed by atoms with van der Waals surface area (Å²) in [4.78, 5) is 2.06. The van der Waals surface area contributed by atoms with Crippen LogP contribution in [0.5, 0.6) is 0 Å². The molecule has 18 heavy (non-hydrogen) atoms. The molecule has 102 valence electrons. The molecule has 0 radical (unpaired) electrons. The van der Waals surface area contributed by atoms with Gasteiger partial charge in [0.15, 0.2) is 0 Å². The maximum Gasteiger partial charge on any atom is 0.234 e. The highest BCUT2D eigenvalue weighted by Crippen LogP contribution is 2.18. The Hall–Kier alpha value is -1.07. The lowest BCUT2D eigenvalue weighted by Crippen LogP contribution is -2.34. The van der Waals surface area contributed by atoms with E-state index in [1.807, 2.05) is 44.4 Å². The molecule has 0 aliphatic heterocycles. The molecule has 0 aromatic heterocycles. The minimum atomic E-state index is -3.20. The van der Waals surface area contributed by atoms with Crippen LogP contribution in [-0.4, -0.2) is 46.3 Å². The fourth-order valence-electron chi connectivity index (χ4n) is 1.71. The lowest BCUT2D eigenvalue weighted by Gasteiger charge is -2.24. The Kier molecular flexibility index (Phi) is 5.62. The summed E-state index contributed by atoms with van der Waals surface area (Å²) in [5, 5.41) is 0. The minimum Gasteiger partial charge on any atom is -0.309 e. The Morgan fingerprint density at radius 1 is 1.06 bits per heavy atom. The van der Waals surface area contributed by atoms with E-state index in [1.165, 1.54) is 4.31 Å². The highest BCUT2D eigenvalue weighted by Gasteiger charge is 2.19. The summed E-state index contributed by atoms with van der Waals surface area (Å²) in [6.45, 7) is 3.08. The predicted molar refractivity (Wildman–Crippen MR) is 76.4 cm³/mol. The standard InChI is InChI=1S/C13H22N2O2S/c1-4-18(16,17)15(12-8-11-14(2)3)13-9-6-5-7-10-13/h5-7,9-10H,4,8,11-12H2,1-3H3. The van der Waals surface area contributed by atoms with E-state index >= 15 is 0 Å². The Bertz CT molecular complexity index is 443. The van der Waals surface area contributed by atoms with Crippen LogP contribution in [0.3, 0.4) is 0 Å². The molecule has 0 bridgehead atoms. The van der Waals surface area contributed by atoms with Crippen LogP contribution in [0.25, 0.3) is 0 Å². The largest absolute Gasteiger partial charge is 0.309 e. The molecular weight excluding hydrogens is 248 g/mol. The number of para-hydroxylation sites is 1. The van der Waals surface area contributed by atoms with Gasteiger partial charge >= 0.3 is 0 Å². The molecule has 0 atom stereocenters. The molecule has 0 spiro atoms. The summed E-state index contributed by atoms with van der Waals surface area (Å²) in [7, 11) is 0.778. The van der Waals surface area contributed by atoms with Gasteiger partial charge in [-0.1, -0.05) is 18.2 Å². The zero-order valence-corrected chi connectivity index (χ0v) is 12.2. The maximum absolute atomic E-state index is 12.1. The topological polar surface area (TPSA) is 40.6 Å². The van der Waals surface area contributed by atoms with Crippen molar-refractivity contribution in [2.45, 2.75) is 13.3 Å². The van der Waals surface area contributed by atoms with E-state index in [4.69, 9.17) is 0 Å². The van der Waals surface area contributed by atoms with Gasteiger partial charge in [0, 0.05) is 6.54 Å². The van der Waals surface area contributed by atoms with Gasteiger partial charge in [0.25, 0.3) is 0 Å². The van der Waals surface area contributed by atoms with E-state index in [-0.39, 0.29) is 5.75 Å². The Balaban J connectivity index is 2.84. The molecule has 0 aliphatic carbocycles. The number of sulfonamides is 1. The summed E-state index contributed by atoms with van der Waals surface area (Å²) >= 11 is 0. The molecule has 1 rings (SSSR count). The Labute approximate surface area is 110 Å². The van der Waals surface area contributed by atoms with Crippen LogP contribution in [0.1, 0.15) is 13.3 Å². The summed E-state index contributed by atoms with van der Waals surface area (Å²) < 4.78 is 25.7. The summed E-state index contributed by atoms with van der Waals surface area (Å²) in [5.74, 6) is 0.129. The summed E-state index contributed by atoms with van der Waals surface area (Å²) in [6.07, 6.45) is 0.821. The van der Waals surface area contributed by atoms with Crippen molar-refractivity contribution in [3.63, 3.8) is 0 Å². The third kappa shape index (κ3) is 4.31. The Morgan fingerprint density at radius 3 is 2.17 bits per heavy atom. The second-order valence-corrected chi connectivity index (χ2v) is 6.65. The first-order chi connectivity index (χ1) is 8.47. The van der Waals surface area contributed by atoms with Crippen LogP contribution in [0.4, 0.5) is 5.69 Å². The van der Waals surface area contributed by atoms with Crippen molar-refractivity contribution < 1.29 is 8.42 Å². The SMILES string of the molecule is CCS(=O)(=O)N(CCCN(C)C)c1ccccc1. The average Bonchev–Trinajstić information content (AvgIpc) is 2.35. The Morgan fingerprint density at radius 2 is 1.67 bits per heavy atom. The first kappa shape index (κ1) is 15.0. The molecule has 0 heterocycles. The normalized spacial score (nSPS) is 11.8. The third-order valence-corrected chi connectivity index (χ3v) is 4.51. The van der Waals surface area contributed by atoms with Crippen molar-refractivity contribution in [2.75, 3.05) is 37.2 Å². The van der Waals surface area contributed by atoms with Gasteiger partial charge < -0.3 is 4.90 Å². The van der Waals surface area contributed by atoms with E-state index in [0.29, 0.717) is 6.54 Å². The van der Waals surface area contributed by atoms with Crippen molar-refractivity contribution in [1.82, 2.24) is 4.90 Å². The van der Waals surface area contributed by atoms with Gasteiger partial charge in [0.1, 0.15) is 0 Å². The van der Waals surface area contributed by atoms with Crippen LogP contribution in [0.2, 0.25) is 0 Å². The van der Waals surface area contributed by atoms with Crippen molar-refractivity contribution in [3.05, 3.63) is 30.3 Å². The number of rotatable bonds is 7. The molecule has 0 saturated heterocycles. The molecule has 0 amide bonds. The van der Waals surface area contributed by atoms with Gasteiger partial charge in [-0.3, -0.25) is 4.31 Å². The zero-order valence-electron chi connectivity index (χ0n) is 11.3. The second-order valence-electron chi connectivity index (χ2n) is 4.47. The van der Waals surface area contributed by atoms with Gasteiger partial charge in [-0.05, 0) is 46.1 Å². The minimum absolute atomic E-state index is 0.129. The number of anilines is 1. The molecule has 1 aromatic rings. The molecule has 0 N–H and O–H groups in total. The molecule has 0 fully saturated rings. The predicted octanol–water partition coefficient (Wildman–Crippen LogP) is 1.79. The molecule has 0 unspecified atom stereocenters. The monoisotopic (exact) mass is 270 g/mol. The number of benzene rings is 1. The van der Waals surface area contributed by atoms with E-state index in [1.54, 1.807) is 6.92 Å². The van der Waals surface area contributed by atoms with E-state index < -0.39 is 10.0 Å². The summed E-state index contributed by atoms with van der Waals surface area (Å²) in [6, 6.07) is 9.28. The van der Waals surface area contributed by atoms with Crippen molar-refractivity contribution in [2.24, 2.45) is 0 Å². The van der Waals surface area contributed by atoms with E-state index in [2.05, 4.69) is 4.90 Å². The number of hydrogen-bond donors (Lipinski definition) is 0. The van der Waals surface area contributed by atoms with Crippen LogP contribution in [0, 0.1) is 0 Å². The molecule has 4 nitrogen and oxygen atoms in total. The molecule has 1 aromatic carbocycles. The number of nitrogens with zero attached hydrogens (tertiary/aromatic N) is 2. The fraction of sp³-hybridized carbons (Fsp3) is 0.538. The van der Waals surface area contributed by atoms with E-state index in [9.17, 15) is 8.42 Å². The molecule has 0 aliphatic rings. The van der Waals surface area contributed by atoms with Gasteiger partial charge in [-0.15, -0.1) is 0 Å². The third-order valence-electron chi connectivity index (χ3n) is 2.71. The maximum atomic E-state index is 12.1. The van der Waals surface area contributed by atoms with Crippen LogP contribution in [-0.2, 0) is 10.0 Å². The van der Waals surface area contributed by atoms with Gasteiger partial charge in [-0.25, -0.2) is 8.42 Å². The van der Waals surface area contributed by atoms with Gasteiger partial charge in [0.2, 0.25) is 10.0 Å². The van der Waals surface area contributed by atoms with Crippen LogP contribution >= 0.6 is 0 Å². The number of hydrogen-bond acceptors (Lipinski definition) is 3. The first-order valence-corrected chi connectivity index (χ1v) is 7.78. The van der Waals surface area contributed by atoms with Crippen molar-refractivity contribution in [1.29, 1.82) is 0 Å². The van der Waals surface area contributed by atoms with Crippen LogP contribution < -0.4 is 4.31 Å². The quantitative estimate of drug-likeness (QED) is 0.758. The van der Waals surface area contributed by atoms with Crippen LogP contribution in [0.15, 0.2) is 30.3 Å². The smallest absolute Gasteiger partial charge is 0.234 e. The fourth-order valence-corrected chi connectivity index (χ4v) is 2.87. The van der Waals surface area contributed by atoms with Gasteiger partial charge in [-0.2, -0.15) is 0 Å². The lowest BCUT2D eigenvalue weighted by molar-refractivity contribution is 0.403. The van der Waals surface area contributed by atoms with Gasteiger partial charge in [0.05, 0.1) is 11.4 Å². The highest BCUT2D eigenvalue weighted by atomic mass is 32.2. The zero-order chi connectivity index (χ0) is 13.6. The highest BCUT2D eigenvalue weighted by molar-refractivity contribution is 7.92. The summed E-state index contributed by atoms with van der Waals surface area (Å²) in [5.41, 5.74) is 0.748. The first-order valence-electron chi connectivity index (χ1n) is 6.17. The van der Waals surface area contributed by atoms with Crippen molar-refractivity contribution in [3.8, 4) is 0 Å². The molecule has 0 saturated carbocycles. The van der Waals surface area contributed by atoms with E-state index in [0.717, 1.165) is 18.7 Å². The van der Waals surface area contributed by atoms with Crippen molar-refractivity contribution >= 4 is 15.7 Å². The molecular formula is C13H22N2O2S. The average molecular weight is 270 g/mol. The lowest BCUT2D eigenvalue weighted by atomic mass is 10.3. The second kappa shape index (κ2) is 6.75. The molecule has 5 heteroatoms.